The third kappa shape index (κ3) is 4.91. The van der Waals surface area contributed by atoms with Gasteiger partial charge in [-0.2, -0.15) is 0 Å². The Kier molecular flexibility index (Phi) is 6.38. The summed E-state index contributed by atoms with van der Waals surface area (Å²) in [5.41, 5.74) is 0.466. The molecule has 0 rings (SSSR count). The molecule has 0 aromatic rings. The van der Waals surface area contributed by atoms with Gasteiger partial charge >= 0.3 is 5.97 Å². The van der Waals surface area contributed by atoms with Crippen LogP contribution in [0.3, 0.4) is 0 Å². The first-order valence-electron chi connectivity index (χ1n) is 4.21. The van der Waals surface area contributed by atoms with Crippen LogP contribution in [-0.4, -0.2) is 22.8 Å². The second-order valence-corrected chi connectivity index (χ2v) is 2.65. The summed E-state index contributed by atoms with van der Waals surface area (Å²) in [6, 6.07) is 0. The summed E-state index contributed by atoms with van der Waals surface area (Å²) < 4.78 is 0. The topological polar surface area (TPSA) is 57.5 Å². The molecule has 0 unspecified atom stereocenters. The van der Waals surface area contributed by atoms with Crippen LogP contribution in [0.4, 0.5) is 0 Å². The smallest absolute Gasteiger partial charge is 0.331 e. The molecule has 0 aliphatic heterocycles. The molecular weight excluding hydrogens is 156 g/mol. The van der Waals surface area contributed by atoms with E-state index in [0.29, 0.717) is 12.0 Å². The number of unbranched alkanes of at least 4 members (excludes halogenated alkanes) is 2. The molecule has 0 aliphatic rings. The molecule has 0 aromatic heterocycles. The number of allylic oxidation sites excluding steroid dienone is 1. The first-order chi connectivity index (χ1) is 5.72. The minimum atomic E-state index is -0.832. The number of hydrogen-bond donors (Lipinski definition) is 2. The highest BCUT2D eigenvalue weighted by Gasteiger charge is 2.03. The highest BCUT2D eigenvalue weighted by atomic mass is 16.4. The van der Waals surface area contributed by atoms with Gasteiger partial charge in [0.2, 0.25) is 0 Å². The predicted molar refractivity (Wildman–Crippen MR) is 46.9 cm³/mol. The summed E-state index contributed by atoms with van der Waals surface area (Å²) in [6.07, 6.45) is 4.72. The van der Waals surface area contributed by atoms with Gasteiger partial charge in [-0.05, 0) is 26.2 Å². The van der Waals surface area contributed by atoms with Gasteiger partial charge in [0.1, 0.15) is 0 Å². The Balaban J connectivity index is 3.54. The van der Waals surface area contributed by atoms with Crippen LogP contribution in [0.15, 0.2) is 11.6 Å². The number of aliphatic hydroxyl groups excluding tert-OH is 1. The van der Waals surface area contributed by atoms with Crippen LogP contribution < -0.4 is 0 Å². The molecule has 0 aliphatic carbocycles. The summed E-state index contributed by atoms with van der Waals surface area (Å²) in [6.45, 7) is 1.92. The van der Waals surface area contributed by atoms with E-state index < -0.39 is 5.97 Å². The lowest BCUT2D eigenvalue weighted by molar-refractivity contribution is -0.132. The van der Waals surface area contributed by atoms with Gasteiger partial charge in [-0.15, -0.1) is 0 Å². The Morgan fingerprint density at radius 2 is 2.00 bits per heavy atom. The molecule has 0 spiro atoms. The molecule has 0 radical (unpaired) electrons. The van der Waals surface area contributed by atoms with E-state index in [1.807, 2.05) is 0 Å². The molecule has 0 atom stereocenters. The predicted octanol–water partition coefficient (Wildman–Crippen LogP) is 1.57. The lowest BCUT2D eigenvalue weighted by Gasteiger charge is -2.00. The van der Waals surface area contributed by atoms with Crippen molar-refractivity contribution in [2.75, 3.05) is 6.61 Å². The number of aliphatic hydroxyl groups is 1. The van der Waals surface area contributed by atoms with Gasteiger partial charge in [0.25, 0.3) is 0 Å². The number of hydrogen-bond acceptors (Lipinski definition) is 2. The molecule has 3 nitrogen and oxygen atoms in total. The van der Waals surface area contributed by atoms with Crippen LogP contribution in [0.1, 0.15) is 32.6 Å². The van der Waals surface area contributed by atoms with E-state index in [0.717, 1.165) is 19.3 Å². The summed E-state index contributed by atoms with van der Waals surface area (Å²) in [5, 5.41) is 17.1. The standard InChI is InChI=1S/C9H16O3/c1-2-8(9(11)12)6-4-3-5-7-10/h2,10H,3-7H2,1H3,(H,11,12). The molecule has 0 saturated carbocycles. The lowest BCUT2D eigenvalue weighted by atomic mass is 10.1. The van der Waals surface area contributed by atoms with Crippen LogP contribution >= 0.6 is 0 Å². The van der Waals surface area contributed by atoms with E-state index in [9.17, 15) is 4.79 Å². The van der Waals surface area contributed by atoms with Crippen molar-refractivity contribution in [3.63, 3.8) is 0 Å². The summed E-state index contributed by atoms with van der Waals surface area (Å²) in [4.78, 5) is 10.5. The van der Waals surface area contributed by atoms with Crippen molar-refractivity contribution in [2.24, 2.45) is 0 Å². The fourth-order valence-electron chi connectivity index (χ4n) is 0.979. The third-order valence-electron chi connectivity index (χ3n) is 1.73. The van der Waals surface area contributed by atoms with Gasteiger partial charge in [0, 0.05) is 12.2 Å². The van der Waals surface area contributed by atoms with Crippen LogP contribution in [0.5, 0.6) is 0 Å². The molecule has 0 saturated heterocycles. The average molecular weight is 172 g/mol. The molecule has 0 heterocycles. The SMILES string of the molecule is CC=C(CCCCCO)C(=O)O. The monoisotopic (exact) mass is 172 g/mol. The van der Waals surface area contributed by atoms with Crippen molar-refractivity contribution < 1.29 is 15.0 Å². The number of carbonyl (C=O) groups is 1. The molecule has 2 N–H and O–H groups in total. The van der Waals surface area contributed by atoms with E-state index in [-0.39, 0.29) is 6.61 Å². The Morgan fingerprint density at radius 3 is 2.42 bits per heavy atom. The molecule has 12 heavy (non-hydrogen) atoms. The van der Waals surface area contributed by atoms with Gasteiger partial charge in [0.15, 0.2) is 0 Å². The minimum Gasteiger partial charge on any atom is -0.478 e. The highest BCUT2D eigenvalue weighted by molar-refractivity contribution is 5.86. The summed E-state index contributed by atoms with van der Waals surface area (Å²) >= 11 is 0. The van der Waals surface area contributed by atoms with Crippen molar-refractivity contribution in [1.82, 2.24) is 0 Å². The maximum atomic E-state index is 10.5. The van der Waals surface area contributed by atoms with Crippen molar-refractivity contribution in [2.45, 2.75) is 32.6 Å². The van der Waals surface area contributed by atoms with Gasteiger partial charge in [-0.3, -0.25) is 0 Å². The summed E-state index contributed by atoms with van der Waals surface area (Å²) in [7, 11) is 0. The Bertz CT molecular complexity index is 161. The zero-order valence-electron chi connectivity index (χ0n) is 7.42. The summed E-state index contributed by atoms with van der Waals surface area (Å²) in [5.74, 6) is -0.832. The Morgan fingerprint density at radius 1 is 1.33 bits per heavy atom. The molecule has 3 heteroatoms. The van der Waals surface area contributed by atoms with E-state index >= 15 is 0 Å². The quantitative estimate of drug-likeness (QED) is 0.472. The normalized spacial score (nSPS) is 11.7. The van der Waals surface area contributed by atoms with Crippen LogP contribution in [0.2, 0.25) is 0 Å². The van der Waals surface area contributed by atoms with Gasteiger partial charge in [0.05, 0.1) is 0 Å². The Hall–Kier alpha value is -0.830. The van der Waals surface area contributed by atoms with E-state index in [1.54, 1.807) is 13.0 Å². The number of aliphatic carboxylic acids is 1. The second kappa shape index (κ2) is 6.85. The van der Waals surface area contributed by atoms with Crippen LogP contribution in [0.25, 0.3) is 0 Å². The fraction of sp³-hybridized carbons (Fsp3) is 0.667. The average Bonchev–Trinajstić information content (AvgIpc) is 2.04. The van der Waals surface area contributed by atoms with Crippen LogP contribution in [0, 0.1) is 0 Å². The first kappa shape index (κ1) is 11.2. The first-order valence-corrected chi connectivity index (χ1v) is 4.21. The zero-order chi connectivity index (χ0) is 9.40. The highest BCUT2D eigenvalue weighted by Crippen LogP contribution is 2.08. The maximum absolute atomic E-state index is 10.5. The fourth-order valence-corrected chi connectivity index (χ4v) is 0.979. The number of rotatable bonds is 6. The lowest BCUT2D eigenvalue weighted by Crippen LogP contribution is -2.00. The van der Waals surface area contributed by atoms with E-state index in [1.165, 1.54) is 0 Å². The number of carboxylic acid groups (broad SMARTS) is 1. The van der Waals surface area contributed by atoms with Gasteiger partial charge < -0.3 is 10.2 Å². The minimum absolute atomic E-state index is 0.193. The van der Waals surface area contributed by atoms with Crippen molar-refractivity contribution in [1.29, 1.82) is 0 Å². The second-order valence-electron chi connectivity index (χ2n) is 2.65. The van der Waals surface area contributed by atoms with Gasteiger partial charge in [-0.1, -0.05) is 12.5 Å². The zero-order valence-corrected chi connectivity index (χ0v) is 7.42. The van der Waals surface area contributed by atoms with E-state index in [4.69, 9.17) is 10.2 Å². The Labute approximate surface area is 72.7 Å². The molecular formula is C9H16O3. The van der Waals surface area contributed by atoms with Crippen molar-refractivity contribution in [3.8, 4) is 0 Å². The van der Waals surface area contributed by atoms with Gasteiger partial charge in [-0.25, -0.2) is 4.79 Å². The maximum Gasteiger partial charge on any atom is 0.331 e. The molecule has 70 valence electrons. The van der Waals surface area contributed by atoms with E-state index in [2.05, 4.69) is 0 Å². The molecule has 0 aromatic carbocycles. The molecule has 0 fully saturated rings. The molecule has 0 amide bonds. The third-order valence-corrected chi connectivity index (χ3v) is 1.73. The largest absolute Gasteiger partial charge is 0.478 e. The van der Waals surface area contributed by atoms with Crippen LogP contribution in [-0.2, 0) is 4.79 Å². The molecule has 0 bridgehead atoms. The van der Waals surface area contributed by atoms with Crippen molar-refractivity contribution >= 4 is 5.97 Å². The van der Waals surface area contributed by atoms with Crippen molar-refractivity contribution in [3.05, 3.63) is 11.6 Å². The number of carboxylic acids is 1.